The van der Waals surface area contributed by atoms with Gasteiger partial charge in [-0.2, -0.15) is 0 Å². The molecule has 0 heterocycles. The predicted octanol–water partition coefficient (Wildman–Crippen LogP) is 4.96. The van der Waals surface area contributed by atoms with Gasteiger partial charge in [-0.15, -0.1) is 0 Å². The summed E-state index contributed by atoms with van der Waals surface area (Å²) in [6.45, 7) is -0.739. The number of sulfonamides is 1. The molecule has 2 amide bonds. The molecule has 48 heavy (non-hydrogen) atoms. The Labute approximate surface area is 286 Å². The second-order valence-corrected chi connectivity index (χ2v) is 12.8. The number of likely N-dealkylation sites (N-methyl/N-ethyl adjacent to an activating group) is 1. The molecule has 4 rings (SSSR count). The van der Waals surface area contributed by atoms with Gasteiger partial charge in [0.1, 0.15) is 24.1 Å². The first kappa shape index (κ1) is 35.9. The van der Waals surface area contributed by atoms with Gasteiger partial charge in [-0.3, -0.25) is 13.9 Å². The van der Waals surface area contributed by atoms with Crippen LogP contribution in [0.25, 0.3) is 0 Å². The summed E-state index contributed by atoms with van der Waals surface area (Å²) < 4.78 is 51.5. The first-order valence-electron chi connectivity index (χ1n) is 14.8. The van der Waals surface area contributed by atoms with E-state index < -0.39 is 34.4 Å². The van der Waals surface area contributed by atoms with E-state index in [-0.39, 0.29) is 40.1 Å². The van der Waals surface area contributed by atoms with Crippen molar-refractivity contribution in [2.75, 3.05) is 46.3 Å². The predicted molar refractivity (Wildman–Crippen MR) is 184 cm³/mol. The van der Waals surface area contributed by atoms with Crippen LogP contribution < -0.4 is 28.6 Å². The Morgan fingerprint density at radius 1 is 0.771 bits per heavy atom. The van der Waals surface area contributed by atoms with E-state index >= 15 is 0 Å². The third-order valence-corrected chi connectivity index (χ3v) is 9.63. The van der Waals surface area contributed by atoms with E-state index in [1.54, 1.807) is 30.3 Å². The monoisotopic (exact) mass is 695 g/mol. The number of nitrogens with one attached hydrogen (secondary N) is 1. The SMILES string of the molecule is CNC(=O)[C@H](Cc1ccccc1)N(Cc1cccc(OC)c1)C(=O)CN(c1cc(Cl)ccc1OC)S(=O)(=O)c1ccc(OC)c(OC)c1. The van der Waals surface area contributed by atoms with Crippen LogP contribution in [0.5, 0.6) is 23.0 Å². The third-order valence-electron chi connectivity index (χ3n) is 7.64. The number of anilines is 1. The molecule has 0 fully saturated rings. The standard InChI is InChI=1S/C35H38ClN3O8S/c1-37-35(41)30(19-24-10-7-6-8-11-24)38(22-25-12-9-13-27(18-25)44-2)34(40)23-39(29-20-26(36)14-16-31(29)45-3)48(42,43)28-15-17-32(46-4)33(21-28)47-5/h6-18,20-21,30H,19,22-23H2,1-5H3,(H,37,41)/t30-/m0/s1. The molecule has 0 aliphatic carbocycles. The van der Waals surface area contributed by atoms with Gasteiger partial charge in [-0.25, -0.2) is 8.42 Å². The van der Waals surface area contributed by atoms with Gasteiger partial charge in [0.15, 0.2) is 11.5 Å². The summed E-state index contributed by atoms with van der Waals surface area (Å²) in [5.74, 6) is 0.116. The van der Waals surface area contributed by atoms with Crippen LogP contribution in [0.3, 0.4) is 0 Å². The molecule has 254 valence electrons. The lowest BCUT2D eigenvalue weighted by atomic mass is 10.0. The second-order valence-electron chi connectivity index (χ2n) is 10.5. The number of carbonyl (C=O) groups excluding carboxylic acids is 2. The molecule has 0 unspecified atom stereocenters. The number of nitrogens with zero attached hydrogens (tertiary/aromatic N) is 2. The van der Waals surface area contributed by atoms with Crippen LogP contribution in [0.1, 0.15) is 11.1 Å². The van der Waals surface area contributed by atoms with Crippen LogP contribution >= 0.6 is 11.6 Å². The van der Waals surface area contributed by atoms with Crippen molar-refractivity contribution in [1.82, 2.24) is 10.2 Å². The fourth-order valence-electron chi connectivity index (χ4n) is 5.16. The van der Waals surface area contributed by atoms with E-state index in [2.05, 4.69) is 5.32 Å². The summed E-state index contributed by atoms with van der Waals surface area (Å²) in [6.07, 6.45) is 0.166. The van der Waals surface area contributed by atoms with Crippen molar-refractivity contribution in [3.63, 3.8) is 0 Å². The average Bonchev–Trinajstić information content (AvgIpc) is 3.11. The van der Waals surface area contributed by atoms with Gasteiger partial charge in [0.2, 0.25) is 11.8 Å². The zero-order valence-corrected chi connectivity index (χ0v) is 28.9. The maximum Gasteiger partial charge on any atom is 0.265 e. The number of halogens is 1. The first-order chi connectivity index (χ1) is 23.1. The van der Waals surface area contributed by atoms with Gasteiger partial charge in [0, 0.05) is 31.1 Å². The molecule has 0 saturated heterocycles. The highest BCUT2D eigenvalue weighted by molar-refractivity contribution is 7.92. The molecule has 0 spiro atoms. The van der Waals surface area contributed by atoms with Crippen molar-refractivity contribution in [1.29, 1.82) is 0 Å². The van der Waals surface area contributed by atoms with E-state index in [9.17, 15) is 18.0 Å². The summed E-state index contributed by atoms with van der Waals surface area (Å²) in [7, 11) is 2.72. The van der Waals surface area contributed by atoms with Crippen LogP contribution in [0.2, 0.25) is 5.02 Å². The zero-order valence-electron chi connectivity index (χ0n) is 27.3. The minimum atomic E-state index is -4.49. The highest BCUT2D eigenvalue weighted by Crippen LogP contribution is 2.37. The van der Waals surface area contributed by atoms with E-state index in [0.717, 1.165) is 9.87 Å². The number of methoxy groups -OCH3 is 4. The maximum absolute atomic E-state index is 14.6. The van der Waals surface area contributed by atoms with E-state index in [1.165, 1.54) is 70.7 Å². The number of carbonyl (C=O) groups is 2. The molecule has 11 nitrogen and oxygen atoms in total. The maximum atomic E-state index is 14.6. The van der Waals surface area contributed by atoms with Crippen molar-refractivity contribution in [2.24, 2.45) is 0 Å². The van der Waals surface area contributed by atoms with E-state index in [0.29, 0.717) is 17.1 Å². The average molecular weight is 696 g/mol. The molecular formula is C35H38ClN3O8S. The second kappa shape index (κ2) is 16.2. The van der Waals surface area contributed by atoms with Gasteiger partial charge in [0.05, 0.1) is 39.0 Å². The van der Waals surface area contributed by atoms with Crippen LogP contribution in [0.15, 0.2) is 95.9 Å². The van der Waals surface area contributed by atoms with Crippen molar-refractivity contribution < 1.29 is 37.0 Å². The molecule has 4 aromatic rings. The van der Waals surface area contributed by atoms with Crippen molar-refractivity contribution in [3.8, 4) is 23.0 Å². The summed E-state index contributed by atoms with van der Waals surface area (Å²) in [6, 6.07) is 23.9. The van der Waals surface area contributed by atoms with Gasteiger partial charge < -0.3 is 29.2 Å². The first-order valence-corrected chi connectivity index (χ1v) is 16.6. The largest absolute Gasteiger partial charge is 0.497 e. The van der Waals surface area contributed by atoms with Crippen molar-refractivity contribution in [3.05, 3.63) is 107 Å². The number of hydrogen-bond acceptors (Lipinski definition) is 8. The summed E-state index contributed by atoms with van der Waals surface area (Å²) in [4.78, 5) is 29.3. The topological polar surface area (TPSA) is 124 Å². The lowest BCUT2D eigenvalue weighted by Gasteiger charge is -2.34. The van der Waals surface area contributed by atoms with Gasteiger partial charge in [-0.05, 0) is 53.6 Å². The quantitative estimate of drug-likeness (QED) is 0.185. The third kappa shape index (κ3) is 8.31. The Hall–Kier alpha value is -4.94. The highest BCUT2D eigenvalue weighted by atomic mass is 35.5. The highest BCUT2D eigenvalue weighted by Gasteiger charge is 2.36. The van der Waals surface area contributed by atoms with E-state index in [4.69, 9.17) is 30.5 Å². The molecular weight excluding hydrogens is 658 g/mol. The number of ether oxygens (including phenoxy) is 4. The minimum Gasteiger partial charge on any atom is -0.497 e. The number of amides is 2. The Balaban J connectivity index is 1.87. The van der Waals surface area contributed by atoms with E-state index in [1.807, 2.05) is 30.3 Å². The van der Waals surface area contributed by atoms with Crippen molar-refractivity contribution in [2.45, 2.75) is 23.9 Å². The fourth-order valence-corrected chi connectivity index (χ4v) is 6.76. The molecule has 0 bridgehead atoms. The molecule has 0 aromatic heterocycles. The Morgan fingerprint density at radius 2 is 1.44 bits per heavy atom. The molecule has 13 heteroatoms. The molecule has 0 aliphatic rings. The lowest BCUT2D eigenvalue weighted by molar-refractivity contribution is -0.139. The minimum absolute atomic E-state index is 0.0222. The van der Waals surface area contributed by atoms with Crippen LogP contribution in [-0.2, 0) is 32.6 Å². The summed E-state index contributed by atoms with van der Waals surface area (Å²) >= 11 is 6.36. The molecule has 0 aliphatic heterocycles. The number of hydrogen-bond donors (Lipinski definition) is 1. The Kier molecular flexibility index (Phi) is 12.2. The normalized spacial score (nSPS) is 11.6. The Bertz CT molecular complexity index is 1840. The number of rotatable bonds is 15. The van der Waals surface area contributed by atoms with Crippen LogP contribution in [-0.4, -0.2) is 73.2 Å². The smallest absolute Gasteiger partial charge is 0.265 e. The van der Waals surface area contributed by atoms with Crippen LogP contribution in [0.4, 0.5) is 5.69 Å². The fraction of sp³-hybridized carbons (Fsp3) is 0.257. The zero-order chi connectivity index (χ0) is 34.8. The van der Waals surface area contributed by atoms with Crippen LogP contribution in [0, 0.1) is 0 Å². The van der Waals surface area contributed by atoms with Gasteiger partial charge >= 0.3 is 0 Å². The molecule has 0 saturated carbocycles. The molecule has 1 N–H and O–H groups in total. The van der Waals surface area contributed by atoms with Gasteiger partial charge in [0.25, 0.3) is 10.0 Å². The van der Waals surface area contributed by atoms with Crippen molar-refractivity contribution >= 4 is 39.1 Å². The Morgan fingerprint density at radius 3 is 2.08 bits per heavy atom. The molecule has 0 radical (unpaired) electrons. The molecule has 4 aromatic carbocycles. The molecule has 1 atom stereocenters. The van der Waals surface area contributed by atoms with Gasteiger partial charge in [-0.1, -0.05) is 54.1 Å². The lowest BCUT2D eigenvalue weighted by Crippen LogP contribution is -2.53. The summed E-state index contributed by atoms with van der Waals surface area (Å²) in [5.41, 5.74) is 1.49. The summed E-state index contributed by atoms with van der Waals surface area (Å²) in [5, 5.41) is 2.88. The number of benzene rings is 4.